The summed E-state index contributed by atoms with van der Waals surface area (Å²) in [6, 6.07) is 9.05. The first-order valence-electron chi connectivity index (χ1n) is 8.49. The molecule has 1 aromatic carbocycles. The van der Waals surface area contributed by atoms with Crippen molar-refractivity contribution in [1.82, 2.24) is 19.6 Å². The summed E-state index contributed by atoms with van der Waals surface area (Å²) in [5.41, 5.74) is 0.433. The lowest BCUT2D eigenvalue weighted by molar-refractivity contribution is 0.0479. The van der Waals surface area contributed by atoms with E-state index < -0.39 is 0 Å². The van der Waals surface area contributed by atoms with Crippen LogP contribution in [0.5, 0.6) is 5.75 Å². The molecule has 1 aliphatic heterocycles. The SMILES string of the molecule is COc1ccccc1C(=O)OC[C@H]1CCCN1c1ccnc2ncnn12. The molecule has 8 nitrogen and oxygen atoms in total. The third kappa shape index (κ3) is 2.94. The molecule has 8 heteroatoms. The van der Waals surface area contributed by atoms with Crippen LogP contribution in [0.1, 0.15) is 23.2 Å². The molecule has 0 unspecified atom stereocenters. The van der Waals surface area contributed by atoms with Crippen LogP contribution in [0.25, 0.3) is 5.78 Å². The van der Waals surface area contributed by atoms with E-state index >= 15 is 0 Å². The fourth-order valence-corrected chi connectivity index (χ4v) is 3.32. The van der Waals surface area contributed by atoms with Gasteiger partial charge >= 0.3 is 5.97 Å². The highest BCUT2D eigenvalue weighted by Gasteiger charge is 2.28. The van der Waals surface area contributed by atoms with Crippen LogP contribution < -0.4 is 9.64 Å². The summed E-state index contributed by atoms with van der Waals surface area (Å²) in [5, 5.41) is 4.24. The number of hydrogen-bond donors (Lipinski definition) is 0. The maximum absolute atomic E-state index is 12.4. The molecule has 134 valence electrons. The van der Waals surface area contributed by atoms with Gasteiger partial charge in [-0.15, -0.1) is 0 Å². The van der Waals surface area contributed by atoms with Crippen molar-refractivity contribution in [3.63, 3.8) is 0 Å². The number of carbonyl (C=O) groups is 1. The fraction of sp³-hybridized carbons (Fsp3) is 0.333. The Morgan fingerprint density at radius 3 is 3.04 bits per heavy atom. The molecule has 0 aliphatic carbocycles. The molecule has 3 heterocycles. The molecule has 0 amide bonds. The van der Waals surface area contributed by atoms with Crippen LogP contribution in [-0.2, 0) is 4.74 Å². The van der Waals surface area contributed by atoms with Gasteiger partial charge in [-0.2, -0.15) is 14.6 Å². The summed E-state index contributed by atoms with van der Waals surface area (Å²) >= 11 is 0. The summed E-state index contributed by atoms with van der Waals surface area (Å²) in [5.74, 6) is 1.59. The number of fused-ring (bicyclic) bond motifs is 1. The van der Waals surface area contributed by atoms with Crippen molar-refractivity contribution in [2.24, 2.45) is 0 Å². The van der Waals surface area contributed by atoms with E-state index in [0.29, 0.717) is 23.7 Å². The summed E-state index contributed by atoms with van der Waals surface area (Å²) in [6.45, 7) is 1.17. The summed E-state index contributed by atoms with van der Waals surface area (Å²) in [4.78, 5) is 22.9. The minimum absolute atomic E-state index is 0.0865. The molecule has 1 saturated heterocycles. The van der Waals surface area contributed by atoms with Crippen LogP contribution in [0.15, 0.2) is 42.9 Å². The molecule has 0 radical (unpaired) electrons. The maximum atomic E-state index is 12.4. The predicted octanol–water partition coefficient (Wildman–Crippen LogP) is 1.96. The van der Waals surface area contributed by atoms with Crippen LogP contribution in [-0.4, -0.2) is 51.9 Å². The Hall–Kier alpha value is -3.16. The Morgan fingerprint density at radius 2 is 2.15 bits per heavy atom. The van der Waals surface area contributed by atoms with Crippen molar-refractivity contribution in [2.75, 3.05) is 25.2 Å². The minimum atomic E-state index is -0.380. The Kier molecular flexibility index (Phi) is 4.39. The number of para-hydroxylation sites is 1. The number of hydrogen-bond acceptors (Lipinski definition) is 7. The predicted molar refractivity (Wildman–Crippen MR) is 94.4 cm³/mol. The number of methoxy groups -OCH3 is 1. The molecule has 2 aromatic heterocycles. The largest absolute Gasteiger partial charge is 0.496 e. The van der Waals surface area contributed by atoms with Gasteiger partial charge in [-0.25, -0.2) is 9.78 Å². The molecule has 0 N–H and O–H groups in total. The van der Waals surface area contributed by atoms with E-state index in [9.17, 15) is 4.79 Å². The maximum Gasteiger partial charge on any atom is 0.341 e. The third-order valence-electron chi connectivity index (χ3n) is 4.57. The number of ether oxygens (including phenoxy) is 2. The monoisotopic (exact) mass is 353 g/mol. The van der Waals surface area contributed by atoms with Gasteiger partial charge in [0.25, 0.3) is 5.78 Å². The normalized spacial score (nSPS) is 16.8. The van der Waals surface area contributed by atoms with E-state index in [1.54, 1.807) is 28.9 Å². The number of benzene rings is 1. The first kappa shape index (κ1) is 16.3. The highest BCUT2D eigenvalue weighted by atomic mass is 16.5. The number of esters is 1. The Labute approximate surface area is 150 Å². The molecule has 1 fully saturated rings. The molecule has 0 saturated carbocycles. The molecular weight excluding hydrogens is 334 g/mol. The zero-order valence-corrected chi connectivity index (χ0v) is 14.4. The van der Waals surface area contributed by atoms with E-state index in [-0.39, 0.29) is 12.0 Å². The van der Waals surface area contributed by atoms with E-state index in [2.05, 4.69) is 20.0 Å². The standard InChI is InChI=1S/C18H19N5O3/c1-25-15-7-3-2-6-14(15)17(24)26-11-13-5-4-10-22(13)16-8-9-19-18-20-12-21-23(16)18/h2-3,6-9,12-13H,4-5,10-11H2,1H3/t13-/m1/s1. The molecule has 0 spiro atoms. The van der Waals surface area contributed by atoms with Gasteiger partial charge in [-0.1, -0.05) is 12.1 Å². The van der Waals surface area contributed by atoms with Crippen molar-refractivity contribution in [2.45, 2.75) is 18.9 Å². The zero-order chi connectivity index (χ0) is 17.9. The minimum Gasteiger partial charge on any atom is -0.496 e. The lowest BCUT2D eigenvalue weighted by Gasteiger charge is -2.26. The third-order valence-corrected chi connectivity index (χ3v) is 4.57. The van der Waals surface area contributed by atoms with E-state index in [1.807, 2.05) is 12.1 Å². The lowest BCUT2D eigenvalue weighted by Crippen LogP contribution is -2.35. The highest BCUT2D eigenvalue weighted by Crippen LogP contribution is 2.26. The number of nitrogens with zero attached hydrogens (tertiary/aromatic N) is 5. The van der Waals surface area contributed by atoms with Crippen molar-refractivity contribution >= 4 is 17.6 Å². The van der Waals surface area contributed by atoms with E-state index in [4.69, 9.17) is 9.47 Å². The van der Waals surface area contributed by atoms with Gasteiger partial charge in [-0.3, -0.25) is 0 Å². The average Bonchev–Trinajstić information content (AvgIpc) is 3.34. The van der Waals surface area contributed by atoms with Crippen molar-refractivity contribution in [1.29, 1.82) is 0 Å². The molecule has 0 bridgehead atoms. The summed E-state index contributed by atoms with van der Waals surface area (Å²) < 4.78 is 12.5. The first-order chi connectivity index (χ1) is 12.8. The fourth-order valence-electron chi connectivity index (χ4n) is 3.32. The smallest absolute Gasteiger partial charge is 0.341 e. The van der Waals surface area contributed by atoms with Gasteiger partial charge in [0.05, 0.1) is 13.2 Å². The van der Waals surface area contributed by atoms with Crippen molar-refractivity contribution in [3.05, 3.63) is 48.4 Å². The summed E-state index contributed by atoms with van der Waals surface area (Å²) in [6.07, 6.45) is 5.17. The second-order valence-corrected chi connectivity index (χ2v) is 6.06. The van der Waals surface area contributed by atoms with E-state index in [1.165, 1.54) is 13.4 Å². The molecule has 1 aliphatic rings. The molecular formula is C18H19N5O3. The van der Waals surface area contributed by atoms with Gasteiger partial charge in [0.1, 0.15) is 30.1 Å². The van der Waals surface area contributed by atoms with Crippen LogP contribution in [0, 0.1) is 0 Å². The van der Waals surface area contributed by atoms with E-state index in [0.717, 1.165) is 25.2 Å². The van der Waals surface area contributed by atoms with Crippen LogP contribution in [0.2, 0.25) is 0 Å². The van der Waals surface area contributed by atoms with Gasteiger partial charge in [0.2, 0.25) is 0 Å². The molecule has 3 aromatic rings. The van der Waals surface area contributed by atoms with Crippen molar-refractivity contribution in [3.8, 4) is 5.75 Å². The van der Waals surface area contributed by atoms with Gasteiger partial charge < -0.3 is 14.4 Å². The second kappa shape index (κ2) is 6.99. The van der Waals surface area contributed by atoms with Gasteiger partial charge in [0, 0.05) is 12.7 Å². The molecule has 4 rings (SSSR count). The Morgan fingerprint density at radius 1 is 1.27 bits per heavy atom. The molecule has 1 atom stereocenters. The number of carbonyl (C=O) groups excluding carboxylic acids is 1. The van der Waals surface area contributed by atoms with Crippen molar-refractivity contribution < 1.29 is 14.3 Å². The van der Waals surface area contributed by atoms with Gasteiger partial charge in [0.15, 0.2) is 0 Å². The van der Waals surface area contributed by atoms with Crippen LogP contribution in [0.4, 0.5) is 5.82 Å². The molecule has 26 heavy (non-hydrogen) atoms. The Bertz CT molecular complexity index is 926. The highest BCUT2D eigenvalue weighted by molar-refractivity contribution is 5.92. The quantitative estimate of drug-likeness (QED) is 0.649. The number of rotatable bonds is 5. The van der Waals surface area contributed by atoms with Crippen LogP contribution in [0.3, 0.4) is 0 Å². The Balaban J connectivity index is 1.49. The number of anilines is 1. The average molecular weight is 353 g/mol. The lowest BCUT2D eigenvalue weighted by atomic mass is 10.2. The number of aromatic nitrogens is 4. The second-order valence-electron chi connectivity index (χ2n) is 6.06. The topological polar surface area (TPSA) is 81.9 Å². The first-order valence-corrected chi connectivity index (χ1v) is 8.49. The van der Waals surface area contributed by atoms with Gasteiger partial charge in [-0.05, 0) is 31.0 Å². The zero-order valence-electron chi connectivity index (χ0n) is 14.4. The van der Waals surface area contributed by atoms with Crippen LogP contribution >= 0.6 is 0 Å². The summed E-state index contributed by atoms with van der Waals surface area (Å²) in [7, 11) is 1.54.